The fourth-order valence-corrected chi connectivity index (χ4v) is 2.69. The molecule has 0 unspecified atom stereocenters. The van der Waals surface area contributed by atoms with Gasteiger partial charge in [0.1, 0.15) is 12.4 Å². The molecular weight excluding hydrogens is 277 g/mol. The van der Waals surface area contributed by atoms with E-state index < -0.39 is 0 Å². The van der Waals surface area contributed by atoms with Gasteiger partial charge in [0.25, 0.3) is 0 Å². The molecule has 0 saturated heterocycles. The molecular formula is C12H11Cl2NOS. The molecule has 2 nitrogen and oxygen atoms in total. The predicted octanol–water partition coefficient (Wildman–Crippen LogP) is 4.09. The van der Waals surface area contributed by atoms with Crippen molar-refractivity contribution in [2.75, 3.05) is 0 Å². The van der Waals surface area contributed by atoms with Gasteiger partial charge < -0.3 is 10.5 Å². The van der Waals surface area contributed by atoms with Crippen molar-refractivity contribution in [1.29, 1.82) is 0 Å². The van der Waals surface area contributed by atoms with Crippen LogP contribution in [-0.4, -0.2) is 0 Å². The normalized spacial score (nSPS) is 10.5. The largest absolute Gasteiger partial charge is 0.488 e. The van der Waals surface area contributed by atoms with Crippen LogP contribution >= 0.6 is 34.5 Å². The van der Waals surface area contributed by atoms with Crippen LogP contribution in [0.2, 0.25) is 10.0 Å². The van der Waals surface area contributed by atoms with E-state index in [1.54, 1.807) is 29.5 Å². The van der Waals surface area contributed by atoms with Gasteiger partial charge in [-0.25, -0.2) is 0 Å². The minimum Gasteiger partial charge on any atom is -0.488 e. The van der Waals surface area contributed by atoms with Crippen molar-refractivity contribution in [1.82, 2.24) is 0 Å². The molecule has 2 rings (SSSR count). The van der Waals surface area contributed by atoms with E-state index in [1.807, 2.05) is 12.1 Å². The first-order valence-electron chi connectivity index (χ1n) is 5.04. The molecule has 0 aliphatic carbocycles. The summed E-state index contributed by atoms with van der Waals surface area (Å²) in [5.41, 5.74) is 5.54. The van der Waals surface area contributed by atoms with Crippen LogP contribution in [0.25, 0.3) is 0 Å². The molecule has 0 atom stereocenters. The smallest absolute Gasteiger partial charge is 0.122 e. The van der Waals surface area contributed by atoms with Gasteiger partial charge >= 0.3 is 0 Å². The lowest BCUT2D eigenvalue weighted by Crippen LogP contribution is -1.93. The lowest BCUT2D eigenvalue weighted by atomic mass is 10.3. The Labute approximate surface area is 114 Å². The lowest BCUT2D eigenvalue weighted by Gasteiger charge is -2.05. The van der Waals surface area contributed by atoms with E-state index in [9.17, 15) is 0 Å². The molecule has 0 aliphatic heterocycles. The van der Waals surface area contributed by atoms with Crippen LogP contribution in [0.3, 0.4) is 0 Å². The average Bonchev–Trinajstić information content (AvgIpc) is 2.73. The van der Waals surface area contributed by atoms with E-state index in [1.165, 1.54) is 0 Å². The molecule has 0 spiro atoms. The SMILES string of the molecule is NCc1ccc(COc2cc(Cl)cc(Cl)c2)s1. The molecule has 1 aromatic heterocycles. The third-order valence-corrected chi connectivity index (χ3v) is 3.65. The second kappa shape index (κ2) is 5.74. The van der Waals surface area contributed by atoms with Crippen LogP contribution in [0.5, 0.6) is 5.75 Å². The molecule has 0 bridgehead atoms. The van der Waals surface area contributed by atoms with Crippen molar-refractivity contribution in [3.63, 3.8) is 0 Å². The van der Waals surface area contributed by atoms with Crippen molar-refractivity contribution in [2.45, 2.75) is 13.2 Å². The molecule has 1 heterocycles. The van der Waals surface area contributed by atoms with E-state index in [2.05, 4.69) is 0 Å². The van der Waals surface area contributed by atoms with Gasteiger partial charge in [-0.05, 0) is 30.3 Å². The molecule has 0 fully saturated rings. The summed E-state index contributed by atoms with van der Waals surface area (Å²) in [4.78, 5) is 2.27. The highest BCUT2D eigenvalue weighted by atomic mass is 35.5. The second-order valence-electron chi connectivity index (χ2n) is 3.47. The first kappa shape index (κ1) is 12.7. The maximum atomic E-state index is 5.88. The number of hydrogen-bond acceptors (Lipinski definition) is 3. The zero-order valence-corrected chi connectivity index (χ0v) is 11.3. The van der Waals surface area contributed by atoms with Crippen molar-refractivity contribution < 1.29 is 4.74 Å². The Morgan fingerprint density at radius 1 is 1.06 bits per heavy atom. The number of thiophene rings is 1. The number of rotatable bonds is 4. The Morgan fingerprint density at radius 2 is 1.71 bits per heavy atom. The van der Waals surface area contributed by atoms with Gasteiger partial charge in [0.15, 0.2) is 0 Å². The minimum absolute atomic E-state index is 0.501. The molecule has 90 valence electrons. The number of ether oxygens (including phenoxy) is 1. The van der Waals surface area contributed by atoms with Crippen LogP contribution in [0.4, 0.5) is 0 Å². The number of halogens is 2. The van der Waals surface area contributed by atoms with Crippen LogP contribution < -0.4 is 10.5 Å². The third kappa shape index (κ3) is 3.61. The maximum Gasteiger partial charge on any atom is 0.122 e. The highest BCUT2D eigenvalue weighted by Crippen LogP contribution is 2.25. The summed E-state index contributed by atoms with van der Waals surface area (Å²) < 4.78 is 5.61. The Bertz CT molecular complexity index is 493. The Kier molecular flexibility index (Phi) is 4.29. The highest BCUT2D eigenvalue weighted by molar-refractivity contribution is 7.11. The molecule has 0 saturated carbocycles. The summed E-state index contributed by atoms with van der Waals surface area (Å²) in [5.74, 6) is 0.671. The van der Waals surface area contributed by atoms with Crippen LogP contribution in [0, 0.1) is 0 Å². The summed E-state index contributed by atoms with van der Waals surface area (Å²) in [6, 6.07) is 9.18. The van der Waals surface area contributed by atoms with Crippen LogP contribution in [0.15, 0.2) is 30.3 Å². The zero-order valence-electron chi connectivity index (χ0n) is 8.95. The maximum absolute atomic E-state index is 5.88. The number of nitrogens with two attached hydrogens (primary N) is 1. The molecule has 0 radical (unpaired) electrons. The molecule has 1 aromatic carbocycles. The quantitative estimate of drug-likeness (QED) is 0.919. The number of hydrogen-bond donors (Lipinski definition) is 1. The Hall–Kier alpha value is -0.740. The topological polar surface area (TPSA) is 35.2 Å². The molecule has 5 heteroatoms. The van der Waals surface area contributed by atoms with Gasteiger partial charge in [0.05, 0.1) is 0 Å². The average molecular weight is 288 g/mol. The fraction of sp³-hybridized carbons (Fsp3) is 0.167. The Morgan fingerprint density at radius 3 is 2.29 bits per heavy atom. The van der Waals surface area contributed by atoms with E-state index >= 15 is 0 Å². The van der Waals surface area contributed by atoms with Crippen molar-refractivity contribution in [2.24, 2.45) is 5.73 Å². The Balaban J connectivity index is 2.01. The zero-order chi connectivity index (χ0) is 12.3. The first-order chi connectivity index (χ1) is 8.17. The molecule has 0 aliphatic rings. The van der Waals surface area contributed by atoms with Gasteiger partial charge in [0, 0.05) is 26.3 Å². The van der Waals surface area contributed by atoms with Gasteiger partial charge in [-0.15, -0.1) is 11.3 Å². The summed E-state index contributed by atoms with van der Waals surface area (Å²) in [7, 11) is 0. The summed E-state index contributed by atoms with van der Waals surface area (Å²) in [6.45, 7) is 1.06. The fourth-order valence-electron chi connectivity index (χ4n) is 1.38. The highest BCUT2D eigenvalue weighted by Gasteiger charge is 2.02. The van der Waals surface area contributed by atoms with Crippen LogP contribution in [0.1, 0.15) is 9.75 Å². The minimum atomic E-state index is 0.501. The molecule has 17 heavy (non-hydrogen) atoms. The monoisotopic (exact) mass is 287 g/mol. The first-order valence-corrected chi connectivity index (χ1v) is 6.61. The summed E-state index contributed by atoms with van der Waals surface area (Å²) in [5, 5.41) is 1.14. The summed E-state index contributed by atoms with van der Waals surface area (Å²) in [6.07, 6.45) is 0. The van der Waals surface area contributed by atoms with Crippen LogP contribution in [-0.2, 0) is 13.2 Å². The molecule has 2 aromatic rings. The molecule has 0 amide bonds. The van der Waals surface area contributed by atoms with E-state index in [4.69, 9.17) is 33.7 Å². The third-order valence-electron chi connectivity index (χ3n) is 2.14. The standard InChI is InChI=1S/C12H11Cl2NOS/c13-8-3-9(14)5-10(4-8)16-7-12-2-1-11(6-15)17-12/h1-5H,6-7,15H2. The second-order valence-corrected chi connectivity index (χ2v) is 5.59. The van der Waals surface area contributed by atoms with E-state index in [0.717, 1.165) is 9.75 Å². The number of benzene rings is 1. The lowest BCUT2D eigenvalue weighted by molar-refractivity contribution is 0.310. The van der Waals surface area contributed by atoms with Crippen molar-refractivity contribution in [3.8, 4) is 5.75 Å². The van der Waals surface area contributed by atoms with Crippen molar-refractivity contribution in [3.05, 3.63) is 50.1 Å². The van der Waals surface area contributed by atoms with Gasteiger partial charge in [-0.1, -0.05) is 23.2 Å². The van der Waals surface area contributed by atoms with Crippen molar-refractivity contribution >= 4 is 34.5 Å². The molecule has 2 N–H and O–H groups in total. The van der Waals surface area contributed by atoms with Gasteiger partial charge in [-0.2, -0.15) is 0 Å². The predicted molar refractivity (Wildman–Crippen MR) is 73.0 cm³/mol. The summed E-state index contributed by atoms with van der Waals surface area (Å²) >= 11 is 13.4. The van der Waals surface area contributed by atoms with E-state index in [-0.39, 0.29) is 0 Å². The van der Waals surface area contributed by atoms with Gasteiger partial charge in [0.2, 0.25) is 0 Å². The van der Waals surface area contributed by atoms with Gasteiger partial charge in [-0.3, -0.25) is 0 Å². The van der Waals surface area contributed by atoms with E-state index in [0.29, 0.717) is 28.9 Å².